The van der Waals surface area contributed by atoms with Crippen molar-refractivity contribution in [2.75, 3.05) is 20.7 Å². The van der Waals surface area contributed by atoms with Gasteiger partial charge in [0.25, 0.3) is 0 Å². The molecule has 0 saturated heterocycles. The van der Waals surface area contributed by atoms with E-state index < -0.39 is 0 Å². The summed E-state index contributed by atoms with van der Waals surface area (Å²) in [5.41, 5.74) is 5.95. The predicted octanol–water partition coefficient (Wildman–Crippen LogP) is 2.76. The van der Waals surface area contributed by atoms with E-state index in [-0.39, 0.29) is 0 Å². The molecule has 0 spiro atoms. The molecular formula is C16H20NO+. The minimum absolute atomic E-state index is 0.629. The molecule has 1 heterocycles. The molecule has 1 aromatic carbocycles. The fraction of sp³-hybridized carbons (Fsp3) is 0.438. The average molecular weight is 242 g/mol. The zero-order chi connectivity index (χ0) is 12.7. The quantitative estimate of drug-likeness (QED) is 0.690. The molecule has 1 aromatic rings. The van der Waals surface area contributed by atoms with E-state index >= 15 is 0 Å². The number of methoxy groups -OCH3 is 1. The maximum atomic E-state index is 5.32. The van der Waals surface area contributed by atoms with Crippen LogP contribution in [0.3, 0.4) is 0 Å². The maximum absolute atomic E-state index is 5.32. The van der Waals surface area contributed by atoms with Gasteiger partial charge in [0.15, 0.2) is 6.21 Å². The lowest BCUT2D eigenvalue weighted by Crippen LogP contribution is -1.98. The molecule has 1 aliphatic carbocycles. The smallest absolute Gasteiger partial charge is 0.166 e. The van der Waals surface area contributed by atoms with Crippen molar-refractivity contribution in [3.63, 3.8) is 0 Å². The van der Waals surface area contributed by atoms with Crippen molar-refractivity contribution < 1.29 is 9.31 Å². The monoisotopic (exact) mass is 242 g/mol. The number of rotatable bonds is 1. The molecule has 1 atom stereocenters. The fourth-order valence-electron chi connectivity index (χ4n) is 3.21. The molecule has 0 bridgehead atoms. The van der Waals surface area contributed by atoms with E-state index in [0.29, 0.717) is 5.92 Å². The van der Waals surface area contributed by atoms with E-state index in [9.17, 15) is 0 Å². The van der Waals surface area contributed by atoms with Gasteiger partial charge in [-0.05, 0) is 41.2 Å². The van der Waals surface area contributed by atoms with Gasteiger partial charge in [0.05, 0.1) is 7.11 Å². The van der Waals surface area contributed by atoms with E-state index in [2.05, 4.69) is 43.0 Å². The van der Waals surface area contributed by atoms with Crippen LogP contribution < -0.4 is 4.74 Å². The van der Waals surface area contributed by atoms with E-state index in [1.807, 2.05) is 0 Å². The molecule has 94 valence electrons. The van der Waals surface area contributed by atoms with Gasteiger partial charge in [-0.1, -0.05) is 13.0 Å². The average Bonchev–Trinajstić information content (AvgIpc) is 2.90. The molecule has 0 aromatic heterocycles. The van der Waals surface area contributed by atoms with Gasteiger partial charge in [-0.25, -0.2) is 4.58 Å². The second kappa shape index (κ2) is 4.27. The lowest BCUT2D eigenvalue weighted by molar-refractivity contribution is -0.484. The number of nitrogens with zero attached hydrogens (tertiary/aromatic N) is 1. The fourth-order valence-corrected chi connectivity index (χ4v) is 3.21. The molecule has 0 radical (unpaired) electrons. The molecule has 1 unspecified atom stereocenters. The molecule has 0 saturated carbocycles. The molecule has 0 amide bonds. The number of ether oxygens (including phenoxy) is 1. The third kappa shape index (κ3) is 1.76. The zero-order valence-electron chi connectivity index (χ0n) is 11.4. The van der Waals surface area contributed by atoms with Crippen LogP contribution in [-0.2, 0) is 6.42 Å². The minimum atomic E-state index is 0.629. The summed E-state index contributed by atoms with van der Waals surface area (Å²) in [7, 11) is 3.89. The van der Waals surface area contributed by atoms with Crippen LogP contribution in [0.5, 0.6) is 5.75 Å². The highest BCUT2D eigenvalue weighted by molar-refractivity contribution is 5.92. The van der Waals surface area contributed by atoms with Crippen LogP contribution in [0.2, 0.25) is 0 Å². The van der Waals surface area contributed by atoms with Crippen molar-refractivity contribution in [1.82, 2.24) is 0 Å². The van der Waals surface area contributed by atoms with Crippen molar-refractivity contribution in [3.8, 4) is 5.75 Å². The van der Waals surface area contributed by atoms with Gasteiger partial charge in [0.2, 0.25) is 0 Å². The third-order valence-corrected chi connectivity index (χ3v) is 4.08. The number of hydrogen-bond acceptors (Lipinski definition) is 1. The standard InChI is InChI=1S/C16H20NO/c1-11-8-13-9-14(18-3)4-5-15(13)16(11)12-6-7-17(2)10-12/h4-5,9-11H,6-8H2,1-3H3/q+1. The molecule has 2 aliphatic rings. The van der Waals surface area contributed by atoms with Gasteiger partial charge < -0.3 is 4.74 Å². The number of fused-ring (bicyclic) bond motifs is 1. The van der Waals surface area contributed by atoms with E-state index in [4.69, 9.17) is 4.74 Å². The van der Waals surface area contributed by atoms with Crippen LogP contribution in [-0.4, -0.2) is 31.5 Å². The lowest BCUT2D eigenvalue weighted by Gasteiger charge is -2.08. The second-order valence-corrected chi connectivity index (χ2v) is 5.43. The van der Waals surface area contributed by atoms with Crippen LogP contribution in [0.1, 0.15) is 24.5 Å². The van der Waals surface area contributed by atoms with Crippen molar-refractivity contribution in [2.45, 2.75) is 19.8 Å². The number of benzene rings is 1. The van der Waals surface area contributed by atoms with Crippen LogP contribution in [0.4, 0.5) is 0 Å². The summed E-state index contributed by atoms with van der Waals surface area (Å²) in [5, 5.41) is 0. The Bertz CT molecular complexity index is 554. The molecule has 2 nitrogen and oxygen atoms in total. The molecule has 18 heavy (non-hydrogen) atoms. The predicted molar refractivity (Wildman–Crippen MR) is 74.5 cm³/mol. The second-order valence-electron chi connectivity index (χ2n) is 5.43. The lowest BCUT2D eigenvalue weighted by atomic mass is 9.95. The summed E-state index contributed by atoms with van der Waals surface area (Å²) in [5.74, 6) is 1.60. The molecule has 1 aliphatic heterocycles. The first-order chi connectivity index (χ1) is 8.69. The third-order valence-electron chi connectivity index (χ3n) is 4.08. The van der Waals surface area contributed by atoms with Gasteiger partial charge in [0.1, 0.15) is 19.3 Å². The highest BCUT2D eigenvalue weighted by Crippen LogP contribution is 2.41. The Morgan fingerprint density at radius 2 is 2.17 bits per heavy atom. The van der Waals surface area contributed by atoms with Gasteiger partial charge in [-0.3, -0.25) is 0 Å². The molecule has 2 heteroatoms. The van der Waals surface area contributed by atoms with E-state index in [1.165, 1.54) is 23.1 Å². The van der Waals surface area contributed by atoms with Crippen LogP contribution in [0.15, 0.2) is 23.8 Å². The summed E-state index contributed by atoms with van der Waals surface area (Å²) in [6.07, 6.45) is 4.63. The Hall–Kier alpha value is -1.57. The summed E-state index contributed by atoms with van der Waals surface area (Å²) >= 11 is 0. The Morgan fingerprint density at radius 1 is 1.33 bits per heavy atom. The SMILES string of the molecule is COc1ccc2c(c1)CC(C)C2=C1C=[N+](C)CC1. The van der Waals surface area contributed by atoms with Gasteiger partial charge in [-0.2, -0.15) is 0 Å². The number of allylic oxidation sites excluding steroid dienone is 1. The Kier molecular flexibility index (Phi) is 2.73. The first-order valence-corrected chi connectivity index (χ1v) is 6.64. The topological polar surface area (TPSA) is 12.2 Å². The van der Waals surface area contributed by atoms with Crippen molar-refractivity contribution in [1.29, 1.82) is 0 Å². The summed E-state index contributed by atoms with van der Waals surface area (Å²) < 4.78 is 7.61. The highest BCUT2D eigenvalue weighted by atomic mass is 16.5. The Morgan fingerprint density at radius 3 is 2.83 bits per heavy atom. The van der Waals surface area contributed by atoms with Gasteiger partial charge in [0, 0.05) is 12.0 Å². The maximum Gasteiger partial charge on any atom is 0.166 e. The van der Waals surface area contributed by atoms with Crippen molar-refractivity contribution >= 4 is 11.8 Å². The van der Waals surface area contributed by atoms with Crippen molar-refractivity contribution in [2.24, 2.45) is 5.92 Å². The van der Waals surface area contributed by atoms with Crippen LogP contribution >= 0.6 is 0 Å². The summed E-state index contributed by atoms with van der Waals surface area (Å²) in [6, 6.07) is 6.50. The van der Waals surface area contributed by atoms with Gasteiger partial charge >= 0.3 is 0 Å². The largest absolute Gasteiger partial charge is 0.497 e. The summed E-state index contributed by atoms with van der Waals surface area (Å²) in [4.78, 5) is 0. The zero-order valence-corrected chi connectivity index (χ0v) is 11.4. The van der Waals surface area contributed by atoms with Crippen molar-refractivity contribution in [3.05, 3.63) is 34.9 Å². The molecule has 0 N–H and O–H groups in total. The summed E-state index contributed by atoms with van der Waals surface area (Å²) in [6.45, 7) is 3.48. The first kappa shape index (κ1) is 11.5. The Balaban J connectivity index is 2.10. The normalized spacial score (nSPS) is 26.2. The Labute approximate surface area is 109 Å². The van der Waals surface area contributed by atoms with Crippen LogP contribution in [0, 0.1) is 5.92 Å². The first-order valence-electron chi connectivity index (χ1n) is 6.64. The van der Waals surface area contributed by atoms with Crippen LogP contribution in [0.25, 0.3) is 5.57 Å². The highest BCUT2D eigenvalue weighted by Gasteiger charge is 2.29. The van der Waals surface area contributed by atoms with E-state index in [0.717, 1.165) is 18.7 Å². The van der Waals surface area contributed by atoms with Gasteiger partial charge in [-0.15, -0.1) is 0 Å². The molecule has 0 fully saturated rings. The molecule has 3 rings (SSSR count). The minimum Gasteiger partial charge on any atom is -0.497 e. The number of hydrogen-bond donors (Lipinski definition) is 0. The van der Waals surface area contributed by atoms with E-state index in [1.54, 1.807) is 12.7 Å². The molecular weight excluding hydrogens is 222 g/mol.